The predicted octanol–water partition coefficient (Wildman–Crippen LogP) is 3.87. The molecule has 0 fully saturated rings. The summed E-state index contributed by atoms with van der Waals surface area (Å²) in [4.78, 5) is 4.63. The van der Waals surface area contributed by atoms with E-state index in [0.29, 0.717) is 24.8 Å². The first-order valence-corrected chi connectivity index (χ1v) is 9.56. The van der Waals surface area contributed by atoms with Gasteiger partial charge in [0.2, 0.25) is 0 Å². The van der Waals surface area contributed by atoms with Gasteiger partial charge in [0.05, 0.1) is 24.3 Å². The summed E-state index contributed by atoms with van der Waals surface area (Å²) in [5, 5.41) is 9.38. The SMILES string of the molecule is COCc1nnc2n1Cc1c(COc3ccccc3)ncn1-c1ccc(Cl)cc1-2. The van der Waals surface area contributed by atoms with Gasteiger partial charge in [0.25, 0.3) is 0 Å². The molecule has 0 N–H and O–H groups in total. The van der Waals surface area contributed by atoms with E-state index in [4.69, 9.17) is 21.1 Å². The Balaban J connectivity index is 1.60. The molecule has 29 heavy (non-hydrogen) atoms. The molecule has 0 amide bonds. The highest BCUT2D eigenvalue weighted by Gasteiger charge is 2.26. The van der Waals surface area contributed by atoms with Crippen LogP contribution in [0.15, 0.2) is 54.9 Å². The van der Waals surface area contributed by atoms with Gasteiger partial charge in [0.15, 0.2) is 11.6 Å². The van der Waals surface area contributed by atoms with Gasteiger partial charge in [0, 0.05) is 17.7 Å². The first-order chi connectivity index (χ1) is 14.2. The van der Waals surface area contributed by atoms with Gasteiger partial charge >= 0.3 is 0 Å². The zero-order valence-corrected chi connectivity index (χ0v) is 16.5. The van der Waals surface area contributed by atoms with Crippen LogP contribution in [0.25, 0.3) is 17.1 Å². The molecule has 7 nitrogen and oxygen atoms in total. The number of ether oxygens (including phenoxy) is 2. The van der Waals surface area contributed by atoms with Gasteiger partial charge in [-0.2, -0.15) is 0 Å². The van der Waals surface area contributed by atoms with Crippen molar-refractivity contribution >= 4 is 11.6 Å². The summed E-state index contributed by atoms with van der Waals surface area (Å²) in [6, 6.07) is 15.5. The molecule has 8 heteroatoms. The van der Waals surface area contributed by atoms with Crippen molar-refractivity contribution in [1.29, 1.82) is 0 Å². The molecule has 0 saturated carbocycles. The quantitative estimate of drug-likeness (QED) is 0.442. The third kappa shape index (κ3) is 3.18. The van der Waals surface area contributed by atoms with Crippen molar-refractivity contribution in [3.05, 3.63) is 77.1 Å². The van der Waals surface area contributed by atoms with E-state index in [1.807, 2.05) is 59.4 Å². The predicted molar refractivity (Wildman–Crippen MR) is 108 cm³/mol. The molecule has 146 valence electrons. The van der Waals surface area contributed by atoms with Crippen LogP contribution in [-0.4, -0.2) is 31.4 Å². The fourth-order valence-corrected chi connectivity index (χ4v) is 3.73. The van der Waals surface area contributed by atoms with Crippen molar-refractivity contribution in [2.45, 2.75) is 19.8 Å². The smallest absolute Gasteiger partial charge is 0.166 e. The molecule has 1 aliphatic heterocycles. The molecule has 0 atom stereocenters. The molecule has 0 bridgehead atoms. The van der Waals surface area contributed by atoms with E-state index in [2.05, 4.69) is 19.7 Å². The Morgan fingerprint density at radius 1 is 1.07 bits per heavy atom. The molecule has 4 aromatic rings. The van der Waals surface area contributed by atoms with Gasteiger partial charge < -0.3 is 18.6 Å². The molecule has 1 aliphatic rings. The summed E-state index contributed by atoms with van der Waals surface area (Å²) < 4.78 is 15.4. The zero-order valence-electron chi connectivity index (χ0n) is 15.7. The van der Waals surface area contributed by atoms with Gasteiger partial charge in [-0.05, 0) is 30.3 Å². The van der Waals surface area contributed by atoms with E-state index in [-0.39, 0.29) is 0 Å². The molecule has 0 aliphatic carbocycles. The lowest BCUT2D eigenvalue weighted by Crippen LogP contribution is -2.10. The zero-order chi connectivity index (χ0) is 19.8. The van der Waals surface area contributed by atoms with Gasteiger partial charge in [-0.15, -0.1) is 10.2 Å². The molecular formula is C21H18ClN5O2. The normalized spacial score (nSPS) is 12.1. The molecule has 2 aromatic carbocycles. The maximum absolute atomic E-state index is 6.29. The number of benzene rings is 2. The van der Waals surface area contributed by atoms with Crippen LogP contribution in [0, 0.1) is 0 Å². The molecular weight excluding hydrogens is 390 g/mol. The minimum atomic E-state index is 0.367. The summed E-state index contributed by atoms with van der Waals surface area (Å²) >= 11 is 6.29. The summed E-state index contributed by atoms with van der Waals surface area (Å²) in [7, 11) is 1.65. The number of para-hydroxylation sites is 1. The number of methoxy groups -OCH3 is 1. The number of imidazole rings is 1. The van der Waals surface area contributed by atoms with Gasteiger partial charge in [-0.3, -0.25) is 0 Å². The molecule has 5 rings (SSSR count). The summed E-state index contributed by atoms with van der Waals surface area (Å²) in [5.74, 6) is 2.31. The Hall–Kier alpha value is -3.16. The lowest BCUT2D eigenvalue weighted by Gasteiger charge is -2.10. The van der Waals surface area contributed by atoms with Crippen molar-refractivity contribution in [3.8, 4) is 22.8 Å². The van der Waals surface area contributed by atoms with Crippen LogP contribution in [0.4, 0.5) is 0 Å². The monoisotopic (exact) mass is 407 g/mol. The Morgan fingerprint density at radius 3 is 2.76 bits per heavy atom. The number of hydrogen-bond donors (Lipinski definition) is 0. The third-order valence-electron chi connectivity index (χ3n) is 4.94. The minimum absolute atomic E-state index is 0.367. The standard InChI is InChI=1S/C21H18ClN5O2/c1-28-12-20-24-25-21-16-9-14(22)7-8-18(16)27-13-23-17(19(27)10-26(20)21)11-29-15-5-3-2-4-6-15/h2-9,13H,10-12H2,1H3. The van der Waals surface area contributed by atoms with E-state index in [1.54, 1.807) is 7.11 Å². The van der Waals surface area contributed by atoms with E-state index in [1.165, 1.54) is 0 Å². The molecule has 0 spiro atoms. The number of nitrogens with zero attached hydrogens (tertiary/aromatic N) is 5. The largest absolute Gasteiger partial charge is 0.487 e. The number of rotatable bonds is 5. The number of aromatic nitrogens is 5. The van der Waals surface area contributed by atoms with E-state index < -0.39 is 0 Å². The summed E-state index contributed by atoms with van der Waals surface area (Å²) in [6.45, 7) is 1.29. The van der Waals surface area contributed by atoms with E-state index in [0.717, 1.165) is 40.0 Å². The number of hydrogen-bond acceptors (Lipinski definition) is 5. The molecule has 3 heterocycles. The van der Waals surface area contributed by atoms with Gasteiger partial charge in [-0.25, -0.2) is 4.98 Å². The number of halogens is 1. The minimum Gasteiger partial charge on any atom is -0.487 e. The second kappa shape index (κ2) is 7.35. The second-order valence-electron chi connectivity index (χ2n) is 6.73. The topological polar surface area (TPSA) is 67.0 Å². The van der Waals surface area contributed by atoms with Crippen LogP contribution in [0.5, 0.6) is 5.75 Å². The first kappa shape index (κ1) is 17.9. The van der Waals surface area contributed by atoms with Crippen molar-refractivity contribution < 1.29 is 9.47 Å². The number of fused-ring (bicyclic) bond motifs is 5. The molecule has 0 unspecified atom stereocenters. The molecule has 2 aromatic heterocycles. The van der Waals surface area contributed by atoms with Crippen LogP contribution in [-0.2, 0) is 24.5 Å². The Labute approximate surface area is 172 Å². The average Bonchev–Trinajstić information content (AvgIpc) is 3.29. The second-order valence-corrected chi connectivity index (χ2v) is 7.17. The van der Waals surface area contributed by atoms with Crippen molar-refractivity contribution in [1.82, 2.24) is 24.3 Å². The van der Waals surface area contributed by atoms with Crippen LogP contribution in [0.3, 0.4) is 0 Å². The third-order valence-corrected chi connectivity index (χ3v) is 5.17. The summed E-state index contributed by atoms with van der Waals surface area (Å²) in [6.07, 6.45) is 1.82. The lowest BCUT2D eigenvalue weighted by molar-refractivity contribution is 0.174. The van der Waals surface area contributed by atoms with Crippen LogP contribution in [0.2, 0.25) is 5.02 Å². The van der Waals surface area contributed by atoms with Gasteiger partial charge in [-0.1, -0.05) is 29.8 Å². The highest BCUT2D eigenvalue weighted by molar-refractivity contribution is 6.31. The van der Waals surface area contributed by atoms with E-state index in [9.17, 15) is 0 Å². The highest BCUT2D eigenvalue weighted by atomic mass is 35.5. The fourth-order valence-electron chi connectivity index (χ4n) is 3.56. The van der Waals surface area contributed by atoms with Crippen LogP contribution in [0.1, 0.15) is 17.2 Å². The van der Waals surface area contributed by atoms with Crippen molar-refractivity contribution in [3.63, 3.8) is 0 Å². The molecule has 0 radical (unpaired) electrons. The highest BCUT2D eigenvalue weighted by Crippen LogP contribution is 2.34. The maximum atomic E-state index is 6.29. The summed E-state index contributed by atoms with van der Waals surface area (Å²) in [5.41, 5.74) is 3.73. The lowest BCUT2D eigenvalue weighted by atomic mass is 10.1. The average molecular weight is 408 g/mol. The maximum Gasteiger partial charge on any atom is 0.166 e. The Kier molecular flexibility index (Phi) is 4.54. The van der Waals surface area contributed by atoms with Crippen molar-refractivity contribution in [2.75, 3.05) is 7.11 Å². The Morgan fingerprint density at radius 2 is 1.93 bits per heavy atom. The first-order valence-electron chi connectivity index (χ1n) is 9.19. The van der Waals surface area contributed by atoms with Crippen molar-refractivity contribution in [2.24, 2.45) is 0 Å². The van der Waals surface area contributed by atoms with Crippen LogP contribution < -0.4 is 4.74 Å². The van der Waals surface area contributed by atoms with E-state index >= 15 is 0 Å². The Bertz CT molecular complexity index is 1170. The fraction of sp³-hybridized carbons (Fsp3) is 0.190. The molecule has 0 saturated heterocycles. The van der Waals surface area contributed by atoms with Crippen LogP contribution >= 0.6 is 11.6 Å². The van der Waals surface area contributed by atoms with Gasteiger partial charge in [0.1, 0.15) is 24.7 Å².